The fourth-order valence-corrected chi connectivity index (χ4v) is 1.16. The molecule has 5 heteroatoms. The maximum atomic E-state index is 4.16. The highest BCUT2D eigenvalue weighted by molar-refractivity contribution is 5.25. The number of fused-ring (bicyclic) bond motifs is 1. The quantitative estimate of drug-likeness (QED) is 0.710. The molecule has 0 spiro atoms. The molecule has 13 heavy (non-hydrogen) atoms. The molecule has 2 aromatic rings. The second kappa shape index (κ2) is 3.49. The molecule has 0 bridgehead atoms. The molecule has 0 aliphatic heterocycles. The summed E-state index contributed by atoms with van der Waals surface area (Å²) in [6, 6.07) is 0. The zero-order valence-corrected chi connectivity index (χ0v) is 7.44. The van der Waals surface area contributed by atoms with Crippen LogP contribution in [0.5, 0.6) is 0 Å². The maximum absolute atomic E-state index is 4.16. The first-order valence-electron chi connectivity index (χ1n) is 4.19. The molecule has 2 rings (SSSR count). The topological polar surface area (TPSA) is 55.1 Å². The summed E-state index contributed by atoms with van der Waals surface area (Å²) < 4.78 is 1.69. The second-order valence-corrected chi connectivity index (χ2v) is 2.82. The molecule has 2 aromatic heterocycles. The number of hydrogen-bond acceptors (Lipinski definition) is 4. The molecule has 0 aliphatic carbocycles. The smallest absolute Gasteiger partial charge is 0.252 e. The first kappa shape index (κ1) is 8.12. The van der Waals surface area contributed by atoms with E-state index in [0.29, 0.717) is 5.78 Å². The SMILES string of the molecule is CNCCc1cnc2ncnn2c1. The average molecular weight is 177 g/mol. The van der Waals surface area contributed by atoms with Gasteiger partial charge in [0.15, 0.2) is 0 Å². The summed E-state index contributed by atoms with van der Waals surface area (Å²) in [5.41, 5.74) is 1.16. The number of nitrogens with one attached hydrogen (secondary N) is 1. The van der Waals surface area contributed by atoms with E-state index in [0.717, 1.165) is 18.5 Å². The van der Waals surface area contributed by atoms with Crippen LogP contribution in [-0.4, -0.2) is 33.2 Å². The molecule has 1 N–H and O–H groups in total. The third kappa shape index (κ3) is 1.65. The van der Waals surface area contributed by atoms with Crippen molar-refractivity contribution in [3.05, 3.63) is 24.3 Å². The van der Waals surface area contributed by atoms with Crippen molar-refractivity contribution in [2.24, 2.45) is 0 Å². The highest BCUT2D eigenvalue weighted by Gasteiger charge is 1.97. The highest BCUT2D eigenvalue weighted by atomic mass is 15.3. The summed E-state index contributed by atoms with van der Waals surface area (Å²) in [7, 11) is 1.93. The predicted octanol–water partition coefficient (Wildman–Crippen LogP) is -0.114. The first-order valence-corrected chi connectivity index (χ1v) is 4.19. The standard InChI is InChI=1S/C8H11N5/c1-9-3-2-7-4-10-8-11-6-12-13(8)5-7/h4-6,9H,2-3H2,1H3. The van der Waals surface area contributed by atoms with Gasteiger partial charge in [0.05, 0.1) is 0 Å². The highest BCUT2D eigenvalue weighted by Crippen LogP contribution is 1.99. The van der Waals surface area contributed by atoms with Gasteiger partial charge in [0.25, 0.3) is 5.78 Å². The van der Waals surface area contributed by atoms with Gasteiger partial charge < -0.3 is 5.32 Å². The predicted molar refractivity (Wildman–Crippen MR) is 48.4 cm³/mol. The van der Waals surface area contributed by atoms with Gasteiger partial charge in [0.1, 0.15) is 6.33 Å². The summed E-state index contributed by atoms with van der Waals surface area (Å²) in [6.07, 6.45) is 6.25. The van der Waals surface area contributed by atoms with Gasteiger partial charge in [0.2, 0.25) is 0 Å². The molecule has 0 unspecified atom stereocenters. The van der Waals surface area contributed by atoms with E-state index in [1.807, 2.05) is 19.4 Å². The van der Waals surface area contributed by atoms with E-state index in [-0.39, 0.29) is 0 Å². The Hall–Kier alpha value is -1.49. The third-order valence-electron chi connectivity index (χ3n) is 1.85. The van der Waals surface area contributed by atoms with Crippen LogP contribution in [0.1, 0.15) is 5.56 Å². The molecular weight excluding hydrogens is 166 g/mol. The molecule has 0 fully saturated rings. The van der Waals surface area contributed by atoms with Gasteiger partial charge in [-0.25, -0.2) is 9.50 Å². The van der Waals surface area contributed by atoms with Crippen molar-refractivity contribution in [3.8, 4) is 0 Å². The van der Waals surface area contributed by atoms with Gasteiger partial charge in [-0.15, -0.1) is 0 Å². The largest absolute Gasteiger partial charge is 0.319 e. The van der Waals surface area contributed by atoms with Crippen LogP contribution in [0.4, 0.5) is 0 Å². The maximum Gasteiger partial charge on any atom is 0.252 e. The van der Waals surface area contributed by atoms with E-state index in [1.54, 1.807) is 4.52 Å². The molecule has 0 saturated carbocycles. The number of aromatic nitrogens is 4. The van der Waals surface area contributed by atoms with E-state index >= 15 is 0 Å². The van der Waals surface area contributed by atoms with Crippen molar-refractivity contribution in [3.63, 3.8) is 0 Å². The van der Waals surface area contributed by atoms with Crippen molar-refractivity contribution >= 4 is 5.78 Å². The lowest BCUT2D eigenvalue weighted by Gasteiger charge is -1.99. The number of hydrogen-bond donors (Lipinski definition) is 1. The number of nitrogens with zero attached hydrogens (tertiary/aromatic N) is 4. The Morgan fingerprint density at radius 3 is 3.23 bits per heavy atom. The van der Waals surface area contributed by atoms with Crippen LogP contribution in [-0.2, 0) is 6.42 Å². The Bertz CT molecular complexity index is 394. The van der Waals surface area contributed by atoms with Crippen LogP contribution in [0.15, 0.2) is 18.7 Å². The Kier molecular flexibility index (Phi) is 2.18. The second-order valence-electron chi connectivity index (χ2n) is 2.82. The lowest BCUT2D eigenvalue weighted by molar-refractivity contribution is 0.779. The van der Waals surface area contributed by atoms with Crippen LogP contribution >= 0.6 is 0 Å². The molecule has 0 saturated heterocycles. The fourth-order valence-electron chi connectivity index (χ4n) is 1.16. The van der Waals surface area contributed by atoms with E-state index in [4.69, 9.17) is 0 Å². The van der Waals surface area contributed by atoms with Crippen LogP contribution in [0.25, 0.3) is 5.78 Å². The Balaban J connectivity index is 2.26. The lowest BCUT2D eigenvalue weighted by atomic mass is 10.2. The molecule has 0 radical (unpaired) electrons. The zero-order valence-electron chi connectivity index (χ0n) is 7.44. The van der Waals surface area contributed by atoms with Gasteiger partial charge in [-0.05, 0) is 25.6 Å². The van der Waals surface area contributed by atoms with Crippen LogP contribution in [0.3, 0.4) is 0 Å². The molecular formula is C8H11N5. The number of rotatable bonds is 3. The Morgan fingerprint density at radius 1 is 1.46 bits per heavy atom. The van der Waals surface area contributed by atoms with Gasteiger partial charge in [0, 0.05) is 12.4 Å². The molecule has 0 aliphatic rings. The van der Waals surface area contributed by atoms with E-state index < -0.39 is 0 Å². The Labute approximate surface area is 75.8 Å². The third-order valence-corrected chi connectivity index (χ3v) is 1.85. The number of likely N-dealkylation sites (N-methyl/N-ethyl adjacent to an activating group) is 1. The van der Waals surface area contributed by atoms with Crippen molar-refractivity contribution in [1.29, 1.82) is 0 Å². The minimum absolute atomic E-state index is 0.646. The monoisotopic (exact) mass is 177 g/mol. The average Bonchev–Trinajstić information content (AvgIpc) is 2.61. The van der Waals surface area contributed by atoms with Gasteiger partial charge in [-0.2, -0.15) is 10.1 Å². The molecule has 0 atom stereocenters. The van der Waals surface area contributed by atoms with E-state index in [1.165, 1.54) is 6.33 Å². The van der Waals surface area contributed by atoms with Gasteiger partial charge >= 0.3 is 0 Å². The van der Waals surface area contributed by atoms with E-state index in [9.17, 15) is 0 Å². The summed E-state index contributed by atoms with van der Waals surface area (Å²) in [4.78, 5) is 8.12. The molecule has 2 heterocycles. The lowest BCUT2D eigenvalue weighted by Crippen LogP contribution is -2.11. The van der Waals surface area contributed by atoms with Crippen LogP contribution in [0.2, 0.25) is 0 Å². The van der Waals surface area contributed by atoms with Gasteiger partial charge in [-0.1, -0.05) is 0 Å². The normalized spacial score (nSPS) is 10.8. The van der Waals surface area contributed by atoms with Crippen LogP contribution in [0, 0.1) is 0 Å². The first-order chi connectivity index (χ1) is 6.40. The summed E-state index contributed by atoms with van der Waals surface area (Å²) >= 11 is 0. The summed E-state index contributed by atoms with van der Waals surface area (Å²) in [5.74, 6) is 0.646. The molecule has 5 nitrogen and oxygen atoms in total. The fraction of sp³-hybridized carbons (Fsp3) is 0.375. The van der Waals surface area contributed by atoms with Crippen molar-refractivity contribution in [2.45, 2.75) is 6.42 Å². The van der Waals surface area contributed by atoms with Crippen molar-refractivity contribution in [1.82, 2.24) is 24.9 Å². The van der Waals surface area contributed by atoms with Crippen LogP contribution < -0.4 is 5.32 Å². The Morgan fingerprint density at radius 2 is 2.38 bits per heavy atom. The molecule has 0 aromatic carbocycles. The minimum atomic E-state index is 0.646. The van der Waals surface area contributed by atoms with Gasteiger partial charge in [-0.3, -0.25) is 0 Å². The zero-order chi connectivity index (χ0) is 9.10. The van der Waals surface area contributed by atoms with Crippen molar-refractivity contribution < 1.29 is 0 Å². The molecule has 68 valence electrons. The van der Waals surface area contributed by atoms with Crippen molar-refractivity contribution in [2.75, 3.05) is 13.6 Å². The minimum Gasteiger partial charge on any atom is -0.319 e. The molecule has 0 amide bonds. The summed E-state index contributed by atoms with van der Waals surface area (Å²) in [6.45, 7) is 0.946. The van der Waals surface area contributed by atoms with E-state index in [2.05, 4.69) is 20.4 Å². The summed E-state index contributed by atoms with van der Waals surface area (Å²) in [5, 5.41) is 7.10.